The quantitative estimate of drug-likeness (QED) is 0.372. The molecule has 0 fully saturated rings. The number of nitrogens with one attached hydrogen (secondary N) is 3. The Labute approximate surface area is 191 Å². The van der Waals surface area contributed by atoms with Crippen LogP contribution in [0.25, 0.3) is 32.2 Å². The monoisotopic (exact) mass is 446 g/mol. The number of benzene rings is 2. The van der Waals surface area contributed by atoms with Crippen molar-refractivity contribution in [3.8, 4) is 21.1 Å². The number of hydrogen-bond donors (Lipinski definition) is 3. The van der Waals surface area contributed by atoms with Crippen molar-refractivity contribution in [1.29, 1.82) is 0 Å². The van der Waals surface area contributed by atoms with Crippen molar-refractivity contribution in [1.82, 2.24) is 15.3 Å². The Morgan fingerprint density at radius 1 is 1.03 bits per heavy atom. The van der Waals surface area contributed by atoms with Crippen LogP contribution in [0, 0.1) is 12.8 Å². The van der Waals surface area contributed by atoms with Crippen LogP contribution < -0.4 is 10.6 Å². The zero-order valence-electron chi connectivity index (χ0n) is 18.5. The van der Waals surface area contributed by atoms with Crippen LogP contribution in [0.15, 0.2) is 54.6 Å². The number of carbonyl (C=O) groups is 2. The predicted octanol–water partition coefficient (Wildman–Crippen LogP) is 5.37. The average molecular weight is 447 g/mol. The number of imidazole rings is 1. The van der Waals surface area contributed by atoms with Gasteiger partial charge in [-0.05, 0) is 54.3 Å². The van der Waals surface area contributed by atoms with E-state index in [0.717, 1.165) is 37.7 Å². The summed E-state index contributed by atoms with van der Waals surface area (Å²) in [6.07, 6.45) is 0. The highest BCUT2D eigenvalue weighted by atomic mass is 32.1. The van der Waals surface area contributed by atoms with Gasteiger partial charge in [-0.3, -0.25) is 9.59 Å². The van der Waals surface area contributed by atoms with E-state index in [2.05, 4.69) is 40.7 Å². The molecule has 164 valence electrons. The number of rotatable bonds is 6. The van der Waals surface area contributed by atoms with E-state index in [-0.39, 0.29) is 17.7 Å². The van der Waals surface area contributed by atoms with E-state index in [1.807, 2.05) is 50.2 Å². The molecule has 0 saturated carbocycles. The third-order valence-corrected chi connectivity index (χ3v) is 6.42. The lowest BCUT2D eigenvalue weighted by Crippen LogP contribution is -2.46. The standard InChI is InChI=1S/C25H26N4O2S/c1-14(2)22(26-16(4)30)25(31)27-18-9-6-8-17(13-18)20-11-12-21(32-20)24-28-19-10-5-7-15(3)23(19)29-24/h5-14,22H,1-4H3,(H,26,30)(H,27,31)(H,28,29)/t22-/m0/s1. The maximum atomic E-state index is 12.7. The number of nitrogens with zero attached hydrogens (tertiary/aromatic N) is 1. The van der Waals surface area contributed by atoms with E-state index < -0.39 is 6.04 Å². The first kappa shape index (κ1) is 21.8. The minimum absolute atomic E-state index is 0.0191. The summed E-state index contributed by atoms with van der Waals surface area (Å²) in [5, 5.41) is 5.66. The molecule has 0 aliphatic carbocycles. The fourth-order valence-corrected chi connectivity index (χ4v) is 4.58. The molecule has 4 rings (SSSR count). The minimum atomic E-state index is -0.582. The summed E-state index contributed by atoms with van der Waals surface area (Å²) in [6, 6.07) is 17.4. The molecule has 2 amide bonds. The first-order valence-electron chi connectivity index (χ1n) is 10.6. The van der Waals surface area contributed by atoms with E-state index in [4.69, 9.17) is 4.98 Å². The molecule has 0 radical (unpaired) electrons. The SMILES string of the molecule is CC(=O)N[C@H](C(=O)Nc1cccc(-c2ccc(-c3nc4c(C)cccc4[nH]3)s2)c1)C(C)C. The van der Waals surface area contributed by atoms with Crippen molar-refractivity contribution in [2.24, 2.45) is 5.92 Å². The molecule has 2 aromatic carbocycles. The fourth-order valence-electron chi connectivity index (χ4n) is 3.64. The van der Waals surface area contributed by atoms with E-state index in [1.54, 1.807) is 11.3 Å². The zero-order chi connectivity index (χ0) is 22.8. The Morgan fingerprint density at radius 2 is 1.78 bits per heavy atom. The average Bonchev–Trinajstić information content (AvgIpc) is 3.40. The number of aromatic amines is 1. The molecule has 4 aromatic rings. The second kappa shape index (κ2) is 8.96. The summed E-state index contributed by atoms with van der Waals surface area (Å²) >= 11 is 1.64. The van der Waals surface area contributed by atoms with Gasteiger partial charge in [-0.1, -0.05) is 38.1 Å². The van der Waals surface area contributed by atoms with Crippen molar-refractivity contribution in [2.45, 2.75) is 33.7 Å². The summed E-state index contributed by atoms with van der Waals surface area (Å²) in [6.45, 7) is 7.29. The number of carbonyl (C=O) groups excluding carboxylic acids is 2. The largest absolute Gasteiger partial charge is 0.344 e. The van der Waals surface area contributed by atoms with Crippen LogP contribution in [0.1, 0.15) is 26.3 Å². The van der Waals surface area contributed by atoms with Gasteiger partial charge in [0.25, 0.3) is 0 Å². The Morgan fingerprint density at radius 3 is 2.50 bits per heavy atom. The number of H-pyrrole nitrogens is 1. The molecular weight excluding hydrogens is 420 g/mol. The third-order valence-electron chi connectivity index (χ3n) is 5.28. The van der Waals surface area contributed by atoms with Crippen molar-refractivity contribution in [3.05, 3.63) is 60.2 Å². The molecule has 6 nitrogen and oxygen atoms in total. The first-order valence-corrected chi connectivity index (χ1v) is 11.4. The normalized spacial score (nSPS) is 12.2. The molecule has 0 saturated heterocycles. The maximum Gasteiger partial charge on any atom is 0.247 e. The Balaban J connectivity index is 1.56. The molecule has 1 atom stereocenters. The summed E-state index contributed by atoms with van der Waals surface area (Å²) in [5.74, 6) is 0.385. The van der Waals surface area contributed by atoms with Gasteiger partial charge < -0.3 is 15.6 Å². The maximum absolute atomic E-state index is 12.7. The molecule has 0 unspecified atom stereocenters. The topological polar surface area (TPSA) is 86.9 Å². The first-order chi connectivity index (χ1) is 15.3. The summed E-state index contributed by atoms with van der Waals surface area (Å²) in [4.78, 5) is 34.5. The van der Waals surface area contributed by atoms with E-state index in [9.17, 15) is 9.59 Å². The molecule has 2 aromatic heterocycles. The van der Waals surface area contributed by atoms with Crippen LogP contribution in [-0.4, -0.2) is 27.8 Å². The van der Waals surface area contributed by atoms with Crippen LogP contribution >= 0.6 is 11.3 Å². The van der Waals surface area contributed by atoms with Crippen molar-refractivity contribution in [2.75, 3.05) is 5.32 Å². The second-order valence-corrected chi connectivity index (χ2v) is 9.30. The van der Waals surface area contributed by atoms with Gasteiger partial charge in [0.1, 0.15) is 11.9 Å². The molecule has 3 N–H and O–H groups in total. The molecule has 0 spiro atoms. The Bertz CT molecular complexity index is 1290. The molecule has 0 aliphatic heterocycles. The Hall–Kier alpha value is -3.45. The van der Waals surface area contributed by atoms with Gasteiger partial charge in [0.2, 0.25) is 11.8 Å². The molecular formula is C25H26N4O2S. The molecule has 7 heteroatoms. The molecule has 2 heterocycles. The van der Waals surface area contributed by atoms with E-state index >= 15 is 0 Å². The zero-order valence-corrected chi connectivity index (χ0v) is 19.3. The lowest BCUT2D eigenvalue weighted by atomic mass is 10.0. The van der Waals surface area contributed by atoms with Gasteiger partial charge in [0.15, 0.2) is 0 Å². The number of thiophene rings is 1. The molecule has 32 heavy (non-hydrogen) atoms. The minimum Gasteiger partial charge on any atom is -0.344 e. The molecule has 0 aliphatic rings. The number of para-hydroxylation sites is 1. The number of aromatic nitrogens is 2. The number of fused-ring (bicyclic) bond motifs is 1. The van der Waals surface area contributed by atoms with Crippen LogP contribution in [0.2, 0.25) is 0 Å². The van der Waals surface area contributed by atoms with Crippen molar-refractivity contribution >= 4 is 39.9 Å². The van der Waals surface area contributed by atoms with Crippen molar-refractivity contribution in [3.63, 3.8) is 0 Å². The number of amides is 2. The third kappa shape index (κ3) is 4.57. The highest BCUT2D eigenvalue weighted by Gasteiger charge is 2.23. The number of aryl methyl sites for hydroxylation is 1. The van der Waals surface area contributed by atoms with Gasteiger partial charge >= 0.3 is 0 Å². The predicted molar refractivity (Wildman–Crippen MR) is 131 cm³/mol. The second-order valence-electron chi connectivity index (χ2n) is 8.21. The van der Waals surface area contributed by atoms with Gasteiger partial charge in [-0.2, -0.15) is 0 Å². The number of hydrogen-bond acceptors (Lipinski definition) is 4. The fraction of sp³-hybridized carbons (Fsp3) is 0.240. The highest BCUT2D eigenvalue weighted by Crippen LogP contribution is 2.35. The van der Waals surface area contributed by atoms with Crippen LogP contribution in [0.4, 0.5) is 5.69 Å². The smallest absolute Gasteiger partial charge is 0.247 e. The number of anilines is 1. The summed E-state index contributed by atoms with van der Waals surface area (Å²) in [7, 11) is 0. The lowest BCUT2D eigenvalue weighted by molar-refractivity contribution is -0.126. The van der Waals surface area contributed by atoms with Crippen LogP contribution in [-0.2, 0) is 9.59 Å². The van der Waals surface area contributed by atoms with E-state index in [1.165, 1.54) is 6.92 Å². The van der Waals surface area contributed by atoms with Gasteiger partial charge in [0, 0.05) is 17.5 Å². The van der Waals surface area contributed by atoms with E-state index in [0.29, 0.717) is 5.69 Å². The summed E-state index contributed by atoms with van der Waals surface area (Å²) in [5.41, 5.74) is 4.86. The lowest BCUT2D eigenvalue weighted by Gasteiger charge is -2.21. The van der Waals surface area contributed by atoms with Crippen molar-refractivity contribution < 1.29 is 9.59 Å². The van der Waals surface area contributed by atoms with Gasteiger partial charge in [0.05, 0.1) is 15.9 Å². The van der Waals surface area contributed by atoms with Crippen LogP contribution in [0.5, 0.6) is 0 Å². The van der Waals surface area contributed by atoms with Crippen LogP contribution in [0.3, 0.4) is 0 Å². The van der Waals surface area contributed by atoms with Gasteiger partial charge in [-0.25, -0.2) is 4.98 Å². The summed E-state index contributed by atoms with van der Waals surface area (Å²) < 4.78 is 0. The highest BCUT2D eigenvalue weighted by molar-refractivity contribution is 7.18. The Kier molecular flexibility index (Phi) is 6.10. The van der Waals surface area contributed by atoms with Gasteiger partial charge in [-0.15, -0.1) is 11.3 Å². The molecule has 0 bridgehead atoms.